The fourth-order valence-corrected chi connectivity index (χ4v) is 5.62. The molecule has 0 rings (SSSR count). The Labute approximate surface area is 288 Å². The Hall–Kier alpha value is -2.15. The number of aliphatic hydroxyl groups is 1. The van der Waals surface area contributed by atoms with Crippen molar-refractivity contribution in [1.29, 1.82) is 0 Å². The van der Waals surface area contributed by atoms with Crippen LogP contribution in [0.25, 0.3) is 0 Å². The lowest BCUT2D eigenvalue weighted by Gasteiger charge is -2.23. The molecule has 0 aromatic carbocycles. The van der Waals surface area contributed by atoms with Gasteiger partial charge in [0.2, 0.25) is 6.10 Å². The maximum absolute atomic E-state index is 12.4. The van der Waals surface area contributed by atoms with Crippen LogP contribution in [0.15, 0.2) is 24.3 Å². The number of allylic oxidation sites excluding steroid dienone is 4. The van der Waals surface area contributed by atoms with Crippen molar-refractivity contribution < 1.29 is 29.0 Å². The molecule has 47 heavy (non-hydrogen) atoms. The highest BCUT2D eigenvalue weighted by atomic mass is 16.6. The van der Waals surface area contributed by atoms with E-state index < -0.39 is 36.7 Å². The summed E-state index contributed by atoms with van der Waals surface area (Å²) in [5.41, 5.74) is 5.43. The highest BCUT2D eigenvalue weighted by Gasteiger charge is 2.33. The highest BCUT2D eigenvalue weighted by Crippen LogP contribution is 2.14. The summed E-state index contributed by atoms with van der Waals surface area (Å²) in [4.78, 5) is 36.7. The van der Waals surface area contributed by atoms with Gasteiger partial charge in [-0.2, -0.15) is 0 Å². The second-order valence-corrected chi connectivity index (χ2v) is 13.2. The zero-order chi connectivity index (χ0) is 34.6. The van der Waals surface area contributed by atoms with Crippen molar-refractivity contribution in [2.45, 2.75) is 206 Å². The summed E-state index contributed by atoms with van der Waals surface area (Å²) < 4.78 is 10.5. The van der Waals surface area contributed by atoms with Crippen LogP contribution in [0, 0.1) is 0 Å². The summed E-state index contributed by atoms with van der Waals surface area (Å²) in [5, 5.41) is 9.74. The van der Waals surface area contributed by atoms with Crippen LogP contribution in [-0.4, -0.2) is 41.8 Å². The van der Waals surface area contributed by atoms with Gasteiger partial charge in [-0.15, -0.1) is 0 Å². The van der Waals surface area contributed by atoms with Crippen LogP contribution in [0.5, 0.6) is 0 Å². The van der Waals surface area contributed by atoms with Crippen LogP contribution in [0.3, 0.4) is 0 Å². The number of nitrogens with two attached hydrogens (primary N) is 1. The van der Waals surface area contributed by atoms with Gasteiger partial charge in [-0.3, -0.25) is 14.4 Å². The predicted molar refractivity (Wildman–Crippen MR) is 195 cm³/mol. The van der Waals surface area contributed by atoms with E-state index in [0.29, 0.717) is 12.8 Å². The van der Waals surface area contributed by atoms with Gasteiger partial charge in [-0.05, 0) is 64.2 Å². The van der Waals surface area contributed by atoms with Crippen LogP contribution in [0.2, 0.25) is 0 Å². The van der Waals surface area contributed by atoms with Gasteiger partial charge in [-0.25, -0.2) is 0 Å². The number of hydrogen-bond donors (Lipinski definition) is 2. The molecule has 0 heterocycles. The van der Waals surface area contributed by atoms with Crippen molar-refractivity contribution in [3.05, 3.63) is 24.3 Å². The molecule has 0 aliphatic rings. The van der Waals surface area contributed by atoms with Crippen molar-refractivity contribution in [2.75, 3.05) is 6.61 Å². The van der Waals surface area contributed by atoms with Crippen LogP contribution in [0.4, 0.5) is 0 Å². The van der Waals surface area contributed by atoms with Gasteiger partial charge < -0.3 is 20.3 Å². The molecule has 0 saturated carbocycles. The van der Waals surface area contributed by atoms with Crippen molar-refractivity contribution in [3.63, 3.8) is 0 Å². The second kappa shape index (κ2) is 35.2. The minimum Gasteiger partial charge on any atom is -0.455 e. The van der Waals surface area contributed by atoms with Gasteiger partial charge in [0.05, 0.1) is 6.61 Å². The molecule has 0 fully saturated rings. The normalized spacial score (nSPS) is 12.9. The number of rotatable bonds is 35. The maximum Gasteiger partial charge on any atom is 0.306 e. The van der Waals surface area contributed by atoms with Gasteiger partial charge in [0, 0.05) is 12.8 Å². The molecule has 0 radical (unpaired) electrons. The van der Waals surface area contributed by atoms with Crippen molar-refractivity contribution in [2.24, 2.45) is 5.73 Å². The molecule has 0 aromatic rings. The van der Waals surface area contributed by atoms with E-state index in [9.17, 15) is 19.5 Å². The molecule has 2 unspecified atom stereocenters. The molecule has 0 aliphatic carbocycles. The van der Waals surface area contributed by atoms with Gasteiger partial charge in [0.25, 0.3) is 5.91 Å². The number of carbonyl (C=O) groups is 3. The molecule has 274 valence electrons. The summed E-state index contributed by atoms with van der Waals surface area (Å²) in [6, 6.07) is 0. The fourth-order valence-electron chi connectivity index (χ4n) is 5.62. The molecular formula is C40H73NO6. The first-order valence-electron chi connectivity index (χ1n) is 19.5. The van der Waals surface area contributed by atoms with Gasteiger partial charge >= 0.3 is 11.9 Å². The molecule has 1 amide bonds. The van der Waals surface area contributed by atoms with E-state index in [-0.39, 0.29) is 12.8 Å². The van der Waals surface area contributed by atoms with Crippen molar-refractivity contribution in [3.8, 4) is 0 Å². The number of aliphatic hydroxyl groups excluding tert-OH is 1. The quantitative estimate of drug-likeness (QED) is 0.0396. The average Bonchev–Trinajstić information content (AvgIpc) is 3.06. The minimum atomic E-state index is -1.49. The van der Waals surface area contributed by atoms with Gasteiger partial charge in [0.15, 0.2) is 6.10 Å². The summed E-state index contributed by atoms with van der Waals surface area (Å²) in [6.07, 6.45) is 37.0. The second-order valence-electron chi connectivity index (χ2n) is 13.2. The van der Waals surface area contributed by atoms with E-state index in [1.807, 2.05) is 0 Å². The zero-order valence-electron chi connectivity index (χ0n) is 30.5. The monoisotopic (exact) mass is 664 g/mol. The third-order valence-electron chi connectivity index (χ3n) is 8.62. The number of primary amides is 1. The maximum atomic E-state index is 12.4. The lowest BCUT2D eigenvalue weighted by molar-refractivity contribution is -0.174. The minimum absolute atomic E-state index is 0.156. The summed E-state index contributed by atoms with van der Waals surface area (Å²) in [6.45, 7) is 3.84. The van der Waals surface area contributed by atoms with E-state index in [0.717, 1.165) is 64.2 Å². The topological polar surface area (TPSA) is 116 Å². The predicted octanol–water partition coefficient (Wildman–Crippen LogP) is 10.4. The first-order valence-corrected chi connectivity index (χ1v) is 19.5. The van der Waals surface area contributed by atoms with Crippen molar-refractivity contribution in [1.82, 2.24) is 0 Å². The zero-order valence-corrected chi connectivity index (χ0v) is 30.5. The van der Waals surface area contributed by atoms with E-state index in [1.165, 1.54) is 89.9 Å². The van der Waals surface area contributed by atoms with E-state index >= 15 is 0 Å². The SMILES string of the molecule is CCCCCCCC/C=C\CCCCCCCC(=O)OC(CO)C(OC(=O)CCCCCCC/C=C\CCCCCCCC)C(N)=O. The van der Waals surface area contributed by atoms with Crippen LogP contribution in [-0.2, 0) is 23.9 Å². The molecule has 0 bridgehead atoms. The molecule has 0 aliphatic heterocycles. The van der Waals surface area contributed by atoms with Crippen molar-refractivity contribution >= 4 is 17.8 Å². The first kappa shape index (κ1) is 44.9. The number of ether oxygens (including phenoxy) is 2. The molecule has 0 aromatic heterocycles. The Kier molecular flexibility index (Phi) is 33.6. The van der Waals surface area contributed by atoms with Gasteiger partial charge in [-0.1, -0.05) is 141 Å². The van der Waals surface area contributed by atoms with E-state index in [2.05, 4.69) is 38.2 Å². The van der Waals surface area contributed by atoms with Crippen LogP contribution >= 0.6 is 0 Å². The van der Waals surface area contributed by atoms with E-state index in [1.54, 1.807) is 0 Å². The molecule has 3 N–H and O–H groups in total. The Morgan fingerprint density at radius 1 is 0.511 bits per heavy atom. The van der Waals surface area contributed by atoms with E-state index in [4.69, 9.17) is 15.2 Å². The molecule has 7 nitrogen and oxygen atoms in total. The number of amides is 1. The summed E-state index contributed by atoms with van der Waals surface area (Å²) >= 11 is 0. The Morgan fingerprint density at radius 2 is 0.830 bits per heavy atom. The number of carbonyl (C=O) groups excluding carboxylic acids is 3. The number of esters is 2. The lowest BCUT2D eigenvalue weighted by Crippen LogP contribution is -2.46. The Balaban J connectivity index is 3.95. The smallest absolute Gasteiger partial charge is 0.306 e. The van der Waals surface area contributed by atoms with Crippen LogP contribution < -0.4 is 5.73 Å². The molecule has 0 saturated heterocycles. The standard InChI is InChI=1S/C40H73NO6/c1-3-5-7-9-11-13-15-17-19-21-23-25-27-29-31-33-37(43)46-36(35-42)39(40(41)45)47-38(44)34-32-30-28-26-24-22-20-18-16-14-12-10-8-6-4-2/h17-20,36,39,42H,3-16,21-35H2,1-2H3,(H2,41,45)/b19-17-,20-18-. The first-order chi connectivity index (χ1) is 23.0. The molecule has 0 spiro atoms. The summed E-state index contributed by atoms with van der Waals surface area (Å²) in [5.74, 6) is -2.03. The lowest BCUT2D eigenvalue weighted by atomic mass is 10.1. The summed E-state index contributed by atoms with van der Waals surface area (Å²) in [7, 11) is 0. The fraction of sp³-hybridized carbons (Fsp3) is 0.825. The third-order valence-corrected chi connectivity index (χ3v) is 8.62. The highest BCUT2D eigenvalue weighted by molar-refractivity contribution is 5.83. The number of hydrogen-bond acceptors (Lipinski definition) is 6. The Bertz CT molecular complexity index is 796. The van der Waals surface area contributed by atoms with Crippen LogP contribution in [0.1, 0.15) is 194 Å². The average molecular weight is 664 g/mol. The van der Waals surface area contributed by atoms with Gasteiger partial charge in [0.1, 0.15) is 0 Å². The third kappa shape index (κ3) is 30.9. The Morgan fingerprint density at radius 3 is 1.17 bits per heavy atom. The number of unbranched alkanes of at least 4 members (excludes halogenated alkanes) is 22. The molecule has 2 atom stereocenters. The molecular weight excluding hydrogens is 590 g/mol. The largest absolute Gasteiger partial charge is 0.455 e. The molecule has 7 heteroatoms.